The molecule has 0 unspecified atom stereocenters. The molecule has 0 aliphatic heterocycles. The van der Waals surface area contributed by atoms with E-state index >= 15 is 0 Å². The van der Waals surface area contributed by atoms with E-state index in [-0.39, 0.29) is 16.0 Å². The highest BCUT2D eigenvalue weighted by molar-refractivity contribution is 7.90. The number of hydrogen-bond acceptors (Lipinski definition) is 7. The minimum absolute atomic E-state index is 0.0593. The summed E-state index contributed by atoms with van der Waals surface area (Å²) in [7, 11) is -3.45. The van der Waals surface area contributed by atoms with Gasteiger partial charge in [0, 0.05) is 11.8 Å². The van der Waals surface area contributed by atoms with Crippen LogP contribution in [0, 0.1) is 0 Å². The van der Waals surface area contributed by atoms with Crippen molar-refractivity contribution in [1.29, 1.82) is 0 Å². The maximum Gasteiger partial charge on any atom is 0.408 e. The van der Waals surface area contributed by atoms with Crippen LogP contribution in [0.5, 0.6) is 0 Å². The smallest absolute Gasteiger partial charge is 0.408 e. The number of carbonyl (C=O) groups excluding carboxylic acids is 2. The molecule has 0 saturated heterocycles. The number of amides is 1. The minimum atomic E-state index is -3.45. The molecule has 0 radical (unpaired) electrons. The van der Waals surface area contributed by atoms with Crippen molar-refractivity contribution in [2.75, 3.05) is 19.4 Å². The maximum atomic E-state index is 12.2. The van der Waals surface area contributed by atoms with Gasteiger partial charge in [-0.2, -0.15) is 0 Å². The van der Waals surface area contributed by atoms with Gasteiger partial charge in [0.2, 0.25) is 0 Å². The van der Waals surface area contributed by atoms with E-state index in [1.54, 1.807) is 32.9 Å². The second-order valence-corrected chi connectivity index (χ2v) is 10.6. The van der Waals surface area contributed by atoms with E-state index in [2.05, 4.69) is 5.32 Å². The number of carboxylic acid groups (broad SMARTS) is 1. The molecule has 1 aliphatic carbocycles. The average molecular weight is 492 g/mol. The Hall–Kier alpha value is -3.40. The Morgan fingerprint density at radius 1 is 1.09 bits per heavy atom. The Kier molecular flexibility index (Phi) is 8.80. The van der Waals surface area contributed by atoms with Crippen LogP contribution in [0.2, 0.25) is 0 Å². The molecule has 0 heterocycles. The number of hydrogen-bond donors (Lipinski definition) is 2. The molecule has 0 fully saturated rings. The van der Waals surface area contributed by atoms with Crippen LogP contribution in [0.3, 0.4) is 0 Å². The van der Waals surface area contributed by atoms with Gasteiger partial charge in [-0.15, -0.1) is 0 Å². The topological polar surface area (TPSA) is 136 Å². The molecule has 0 saturated carbocycles. The monoisotopic (exact) mass is 491 g/mol. The van der Waals surface area contributed by atoms with Crippen LogP contribution in [0.1, 0.15) is 39.2 Å². The quantitative estimate of drug-likeness (QED) is 0.418. The molecule has 1 amide bonds. The number of benzene rings is 1. The summed E-state index contributed by atoms with van der Waals surface area (Å²) in [6.45, 7) is 4.16. The van der Waals surface area contributed by atoms with Gasteiger partial charge in [0.1, 0.15) is 18.8 Å². The van der Waals surface area contributed by atoms with Crippen molar-refractivity contribution < 1.29 is 37.4 Å². The zero-order chi connectivity index (χ0) is 25.5. The normalized spacial score (nSPS) is 14.5. The van der Waals surface area contributed by atoms with Gasteiger partial charge >= 0.3 is 18.0 Å². The number of rotatable bonds is 8. The summed E-state index contributed by atoms with van der Waals surface area (Å²) in [5, 5.41) is 12.2. The minimum Gasteiger partial charge on any atom is -0.478 e. The molecule has 1 aliphatic rings. The molecule has 184 valence electrons. The predicted molar refractivity (Wildman–Crippen MR) is 126 cm³/mol. The van der Waals surface area contributed by atoms with Crippen LogP contribution < -0.4 is 5.32 Å². The highest BCUT2D eigenvalue weighted by Crippen LogP contribution is 2.28. The first-order valence-electron chi connectivity index (χ1n) is 10.5. The van der Waals surface area contributed by atoms with Crippen LogP contribution in [0.4, 0.5) is 4.79 Å². The van der Waals surface area contributed by atoms with Gasteiger partial charge in [-0.1, -0.05) is 30.4 Å². The fraction of sp³-hybridized carbons (Fsp3) is 0.375. The predicted octanol–water partition coefficient (Wildman–Crippen LogP) is 3.27. The summed E-state index contributed by atoms with van der Waals surface area (Å²) in [5.74, 6) is -2.02. The number of allylic oxidation sites excluding steroid dienone is 3. The van der Waals surface area contributed by atoms with E-state index in [0.29, 0.717) is 17.6 Å². The number of alkyl carbamates (subject to hydrolysis) is 1. The molecule has 9 nitrogen and oxygen atoms in total. The van der Waals surface area contributed by atoms with Crippen molar-refractivity contribution in [3.8, 4) is 0 Å². The first-order valence-corrected chi connectivity index (χ1v) is 12.4. The fourth-order valence-electron chi connectivity index (χ4n) is 3.09. The summed E-state index contributed by atoms with van der Waals surface area (Å²) in [5.41, 5.74) is 0.244. The maximum absolute atomic E-state index is 12.2. The van der Waals surface area contributed by atoms with Crippen molar-refractivity contribution >= 4 is 33.4 Å². The lowest BCUT2D eigenvalue weighted by atomic mass is 9.92. The molecule has 0 atom stereocenters. The highest BCUT2D eigenvalue weighted by Gasteiger charge is 2.22. The van der Waals surface area contributed by atoms with E-state index in [4.69, 9.17) is 9.47 Å². The molecule has 2 N–H and O–H groups in total. The first kappa shape index (κ1) is 26.8. The standard InChI is InChI=1S/C24H29NO8S/c1-24(2,3)33-23(29)25-14-20(26)32-15-19(16-10-12-18(13-11-16)34(4,30)31)21(22(27)28)17-8-6-5-7-9-17/h6,8-13H,5,7,14-15H2,1-4H3,(H,25,29)(H,27,28)/b21-19+. The molecular formula is C24H29NO8S. The van der Waals surface area contributed by atoms with Crippen LogP contribution >= 0.6 is 0 Å². The summed E-state index contributed by atoms with van der Waals surface area (Å²) < 4.78 is 33.9. The third-order valence-corrected chi connectivity index (χ3v) is 5.71. The van der Waals surface area contributed by atoms with Gasteiger partial charge in [0.15, 0.2) is 9.84 Å². The zero-order valence-electron chi connectivity index (χ0n) is 19.6. The van der Waals surface area contributed by atoms with Gasteiger partial charge < -0.3 is 19.9 Å². The molecule has 2 rings (SSSR count). The van der Waals surface area contributed by atoms with Crippen molar-refractivity contribution in [2.45, 2.75) is 44.1 Å². The van der Waals surface area contributed by atoms with E-state index < -0.39 is 46.6 Å². The summed E-state index contributed by atoms with van der Waals surface area (Å²) in [6.07, 6.45) is 7.02. The SMILES string of the molecule is CC(C)(C)OC(=O)NCC(=O)OC/C(=C(\C(=O)O)C1=CCCC=C1)c1ccc(S(C)(=O)=O)cc1. The number of sulfone groups is 1. The molecule has 0 spiro atoms. The number of ether oxygens (including phenoxy) is 2. The Morgan fingerprint density at radius 3 is 2.24 bits per heavy atom. The molecule has 10 heteroatoms. The molecular weight excluding hydrogens is 462 g/mol. The van der Waals surface area contributed by atoms with Gasteiger partial charge in [-0.25, -0.2) is 18.0 Å². The van der Waals surface area contributed by atoms with Gasteiger partial charge in [-0.05, 0) is 56.9 Å². The Labute approximate surface area is 199 Å². The van der Waals surface area contributed by atoms with Gasteiger partial charge in [0.05, 0.1) is 10.5 Å². The Balaban J connectivity index is 2.32. The molecule has 0 aromatic heterocycles. The molecule has 0 bridgehead atoms. The summed E-state index contributed by atoms with van der Waals surface area (Å²) >= 11 is 0. The lowest BCUT2D eigenvalue weighted by molar-refractivity contribution is -0.141. The van der Waals surface area contributed by atoms with Crippen molar-refractivity contribution in [1.82, 2.24) is 5.32 Å². The third-order valence-electron chi connectivity index (χ3n) is 4.58. The Morgan fingerprint density at radius 2 is 1.74 bits per heavy atom. The van der Waals surface area contributed by atoms with Crippen LogP contribution in [0.25, 0.3) is 5.57 Å². The number of carboxylic acids is 1. The van der Waals surface area contributed by atoms with Crippen LogP contribution in [0.15, 0.2) is 58.5 Å². The third kappa shape index (κ3) is 8.18. The number of aliphatic carboxylic acids is 1. The Bertz CT molecular complexity index is 1140. The molecule has 1 aromatic rings. The summed E-state index contributed by atoms with van der Waals surface area (Å²) in [6, 6.07) is 5.66. The highest BCUT2D eigenvalue weighted by atomic mass is 32.2. The lowest BCUT2D eigenvalue weighted by Crippen LogP contribution is -2.36. The van der Waals surface area contributed by atoms with Crippen LogP contribution in [-0.2, 0) is 28.9 Å². The largest absolute Gasteiger partial charge is 0.478 e. The average Bonchev–Trinajstić information content (AvgIpc) is 2.73. The van der Waals surface area contributed by atoms with E-state index in [1.807, 2.05) is 6.08 Å². The first-order chi connectivity index (χ1) is 15.8. The second-order valence-electron chi connectivity index (χ2n) is 8.61. The van der Waals surface area contributed by atoms with Gasteiger partial charge in [0.25, 0.3) is 0 Å². The fourth-order valence-corrected chi connectivity index (χ4v) is 3.72. The van der Waals surface area contributed by atoms with Crippen LogP contribution in [-0.4, -0.2) is 56.6 Å². The van der Waals surface area contributed by atoms with Gasteiger partial charge in [-0.3, -0.25) is 4.79 Å². The van der Waals surface area contributed by atoms with Crippen molar-refractivity contribution in [3.63, 3.8) is 0 Å². The van der Waals surface area contributed by atoms with E-state index in [9.17, 15) is 27.9 Å². The van der Waals surface area contributed by atoms with E-state index in [1.165, 1.54) is 24.3 Å². The number of nitrogens with one attached hydrogen (secondary N) is 1. The van der Waals surface area contributed by atoms with Crippen molar-refractivity contribution in [2.24, 2.45) is 0 Å². The zero-order valence-corrected chi connectivity index (χ0v) is 20.4. The molecule has 34 heavy (non-hydrogen) atoms. The van der Waals surface area contributed by atoms with E-state index in [0.717, 1.165) is 12.7 Å². The van der Waals surface area contributed by atoms with Crippen molar-refractivity contribution in [3.05, 3.63) is 59.2 Å². The summed E-state index contributed by atoms with van der Waals surface area (Å²) in [4.78, 5) is 36.2. The second kappa shape index (κ2) is 11.1. The molecule has 1 aromatic carbocycles. The number of esters is 1. The lowest BCUT2D eigenvalue weighted by Gasteiger charge is -2.19. The number of carbonyl (C=O) groups is 3.